The molecule has 9 aromatic rings. The summed E-state index contributed by atoms with van der Waals surface area (Å²) in [6, 6.07) is 78.6. The van der Waals surface area contributed by atoms with Gasteiger partial charge in [-0.05, 0) is 102 Å². The van der Waals surface area contributed by atoms with Crippen LogP contribution in [0.15, 0.2) is 212 Å². The quantitative estimate of drug-likeness (QED) is 0.171. The van der Waals surface area contributed by atoms with Gasteiger partial charge in [-0.3, -0.25) is 0 Å². The number of hydrogen-bond donors (Lipinski definition) is 0. The summed E-state index contributed by atoms with van der Waals surface area (Å²) in [6.07, 6.45) is 0. The summed E-state index contributed by atoms with van der Waals surface area (Å²) in [5, 5.41) is 2.44. The van der Waals surface area contributed by atoms with E-state index < -0.39 is 5.41 Å². The molecule has 0 aromatic heterocycles. The predicted molar refractivity (Wildman–Crippen MR) is 239 cm³/mol. The van der Waals surface area contributed by atoms with Gasteiger partial charge in [-0.1, -0.05) is 196 Å². The number of para-hydroxylation sites is 1. The van der Waals surface area contributed by atoms with Crippen LogP contribution in [0.1, 0.15) is 47.2 Å². The van der Waals surface area contributed by atoms with Gasteiger partial charge in [0.25, 0.3) is 0 Å². The van der Waals surface area contributed by atoms with Crippen LogP contribution in [0.3, 0.4) is 0 Å². The Balaban J connectivity index is 1.14. The zero-order valence-corrected chi connectivity index (χ0v) is 32.2. The van der Waals surface area contributed by atoms with Crippen molar-refractivity contribution in [1.29, 1.82) is 0 Å². The molecule has 1 nitrogen and oxygen atoms in total. The van der Waals surface area contributed by atoms with E-state index in [1.54, 1.807) is 0 Å². The van der Waals surface area contributed by atoms with Crippen molar-refractivity contribution in [2.24, 2.45) is 0 Å². The Kier molecular flexibility index (Phi) is 7.50. The van der Waals surface area contributed by atoms with Crippen LogP contribution in [0.4, 0.5) is 17.1 Å². The van der Waals surface area contributed by atoms with Crippen LogP contribution in [0, 0.1) is 0 Å². The first-order valence-electron chi connectivity index (χ1n) is 20.0. The van der Waals surface area contributed by atoms with Crippen molar-refractivity contribution in [2.45, 2.75) is 24.7 Å². The molecule has 0 fully saturated rings. The van der Waals surface area contributed by atoms with Crippen LogP contribution in [-0.4, -0.2) is 0 Å². The molecule has 0 saturated carbocycles. The third-order valence-electron chi connectivity index (χ3n) is 12.8. The second-order valence-corrected chi connectivity index (χ2v) is 16.0. The smallest absolute Gasteiger partial charge is 0.0719 e. The summed E-state index contributed by atoms with van der Waals surface area (Å²) < 4.78 is 0. The number of rotatable bonds is 5. The van der Waals surface area contributed by atoms with Crippen molar-refractivity contribution in [2.75, 3.05) is 4.90 Å². The molecule has 57 heavy (non-hydrogen) atoms. The van der Waals surface area contributed by atoms with Crippen molar-refractivity contribution >= 4 is 27.8 Å². The van der Waals surface area contributed by atoms with Gasteiger partial charge in [-0.25, -0.2) is 0 Å². The Morgan fingerprint density at radius 2 is 0.807 bits per heavy atom. The molecule has 0 heterocycles. The molecule has 1 spiro atoms. The van der Waals surface area contributed by atoms with Gasteiger partial charge in [0.15, 0.2) is 0 Å². The highest BCUT2D eigenvalue weighted by atomic mass is 15.1. The first kappa shape index (κ1) is 33.4. The van der Waals surface area contributed by atoms with Gasteiger partial charge < -0.3 is 4.90 Å². The molecule has 0 atom stereocenters. The Labute approximate surface area is 335 Å². The van der Waals surface area contributed by atoms with Crippen LogP contribution in [0.2, 0.25) is 0 Å². The van der Waals surface area contributed by atoms with Crippen LogP contribution >= 0.6 is 0 Å². The van der Waals surface area contributed by atoms with E-state index in [9.17, 15) is 0 Å². The molecule has 2 aliphatic carbocycles. The van der Waals surface area contributed by atoms with Gasteiger partial charge in [0.2, 0.25) is 0 Å². The molecule has 2 aliphatic rings. The Bertz CT molecular complexity index is 2920. The van der Waals surface area contributed by atoms with Crippen LogP contribution in [0.5, 0.6) is 0 Å². The number of hydrogen-bond acceptors (Lipinski definition) is 1. The molecule has 9 aromatic carbocycles. The molecular weight excluding hydrogens is 687 g/mol. The van der Waals surface area contributed by atoms with Crippen LogP contribution in [-0.2, 0) is 10.8 Å². The lowest BCUT2D eigenvalue weighted by Crippen LogP contribution is -2.40. The SMILES string of the molecule is CC1(C)c2ccccc2C2(c3ccccc3-c3c(-c4ccc(N(c5ccccc5)c5ccc(-c6ccccc6)cc5)c5ccccc45)cccc32)c2ccccc21. The maximum atomic E-state index is 2.40. The summed E-state index contributed by atoms with van der Waals surface area (Å²) in [6.45, 7) is 4.78. The van der Waals surface area contributed by atoms with Crippen molar-refractivity contribution < 1.29 is 0 Å². The number of benzene rings is 9. The lowest BCUT2D eigenvalue weighted by atomic mass is 9.55. The fourth-order valence-electron chi connectivity index (χ4n) is 10.3. The van der Waals surface area contributed by atoms with Crippen LogP contribution < -0.4 is 4.90 Å². The van der Waals surface area contributed by atoms with Crippen molar-refractivity contribution in [3.05, 3.63) is 246 Å². The highest BCUT2D eigenvalue weighted by Gasteiger charge is 2.53. The molecule has 0 saturated heterocycles. The van der Waals surface area contributed by atoms with E-state index in [-0.39, 0.29) is 5.41 Å². The molecule has 0 bridgehead atoms. The van der Waals surface area contributed by atoms with Gasteiger partial charge in [-0.15, -0.1) is 0 Å². The van der Waals surface area contributed by atoms with Crippen molar-refractivity contribution in [3.8, 4) is 33.4 Å². The normalized spacial score (nSPS) is 14.1. The summed E-state index contributed by atoms with van der Waals surface area (Å²) in [7, 11) is 0. The molecule has 270 valence electrons. The summed E-state index contributed by atoms with van der Waals surface area (Å²) in [4.78, 5) is 2.40. The first-order chi connectivity index (χ1) is 28.1. The second-order valence-electron chi connectivity index (χ2n) is 16.0. The van der Waals surface area contributed by atoms with Gasteiger partial charge in [0.05, 0.1) is 11.1 Å². The highest BCUT2D eigenvalue weighted by Crippen LogP contribution is 2.63. The van der Waals surface area contributed by atoms with Crippen molar-refractivity contribution in [3.63, 3.8) is 0 Å². The Hall–Kier alpha value is -6.96. The largest absolute Gasteiger partial charge is 0.310 e. The third kappa shape index (κ3) is 4.82. The summed E-state index contributed by atoms with van der Waals surface area (Å²) in [5.74, 6) is 0. The Morgan fingerprint density at radius 3 is 1.49 bits per heavy atom. The number of nitrogens with zero attached hydrogens (tertiary/aromatic N) is 1. The van der Waals surface area contributed by atoms with E-state index >= 15 is 0 Å². The number of fused-ring (bicyclic) bond motifs is 10. The molecule has 0 amide bonds. The van der Waals surface area contributed by atoms with Gasteiger partial charge >= 0.3 is 0 Å². The van der Waals surface area contributed by atoms with E-state index in [0.717, 1.165) is 17.1 Å². The van der Waals surface area contributed by atoms with Gasteiger partial charge in [0.1, 0.15) is 0 Å². The molecule has 0 aliphatic heterocycles. The fraction of sp³-hybridized carbons (Fsp3) is 0.0714. The minimum atomic E-state index is -0.434. The average Bonchev–Trinajstić information content (AvgIpc) is 3.58. The third-order valence-corrected chi connectivity index (χ3v) is 12.8. The fourth-order valence-corrected chi connectivity index (χ4v) is 10.3. The molecule has 0 radical (unpaired) electrons. The predicted octanol–water partition coefficient (Wildman–Crippen LogP) is 14.6. The maximum absolute atomic E-state index is 2.40. The lowest BCUT2D eigenvalue weighted by Gasteiger charge is -2.46. The molecular formula is C56H41N. The highest BCUT2D eigenvalue weighted by molar-refractivity contribution is 6.09. The maximum Gasteiger partial charge on any atom is 0.0719 e. The molecule has 1 heteroatoms. The van der Waals surface area contributed by atoms with E-state index in [4.69, 9.17) is 0 Å². The van der Waals surface area contributed by atoms with E-state index in [0.29, 0.717) is 0 Å². The zero-order chi connectivity index (χ0) is 38.1. The van der Waals surface area contributed by atoms with Crippen LogP contribution in [0.25, 0.3) is 44.2 Å². The van der Waals surface area contributed by atoms with Gasteiger partial charge in [0, 0.05) is 22.2 Å². The van der Waals surface area contributed by atoms with E-state index in [2.05, 4.69) is 231 Å². The minimum absolute atomic E-state index is 0.133. The first-order valence-corrected chi connectivity index (χ1v) is 20.0. The monoisotopic (exact) mass is 727 g/mol. The van der Waals surface area contributed by atoms with Crippen molar-refractivity contribution in [1.82, 2.24) is 0 Å². The molecule has 11 rings (SSSR count). The summed E-state index contributed by atoms with van der Waals surface area (Å²) in [5.41, 5.74) is 18.6. The van der Waals surface area contributed by atoms with E-state index in [1.807, 2.05) is 0 Å². The van der Waals surface area contributed by atoms with Gasteiger partial charge in [-0.2, -0.15) is 0 Å². The zero-order valence-electron chi connectivity index (χ0n) is 32.2. The lowest BCUT2D eigenvalue weighted by molar-refractivity contribution is 0.563. The molecule has 0 N–H and O–H groups in total. The summed E-state index contributed by atoms with van der Waals surface area (Å²) >= 11 is 0. The standard InChI is InChI=1S/C56H41N/c1-55(2)48-27-13-15-29-50(48)56(51-30-16-14-28-49(51)55)47-26-12-11-24-46(47)54-45(25-17-31-52(54)56)43-36-37-53(44-23-10-9-22-42(43)44)57(40-20-7-4-8-21-40)41-34-32-39(33-35-41)38-18-5-3-6-19-38/h3-37H,1-2H3. The molecule has 0 unspecified atom stereocenters. The second kappa shape index (κ2) is 12.8. The minimum Gasteiger partial charge on any atom is -0.310 e. The number of anilines is 3. The topological polar surface area (TPSA) is 3.24 Å². The Morgan fingerprint density at radius 1 is 0.316 bits per heavy atom. The van der Waals surface area contributed by atoms with E-state index in [1.165, 1.54) is 77.5 Å². The average molecular weight is 728 g/mol.